The van der Waals surface area contributed by atoms with Crippen molar-refractivity contribution in [2.45, 2.75) is 31.7 Å². The smallest absolute Gasteiger partial charge is 0.339 e. The van der Waals surface area contributed by atoms with Crippen LogP contribution in [0.3, 0.4) is 0 Å². The molecule has 6 heteroatoms. The highest BCUT2D eigenvalue weighted by atomic mass is 16.5. The number of anilines is 2. The van der Waals surface area contributed by atoms with Crippen LogP contribution in [0, 0.1) is 0 Å². The highest BCUT2D eigenvalue weighted by Crippen LogP contribution is 2.22. The van der Waals surface area contributed by atoms with Gasteiger partial charge in [0.25, 0.3) is 5.91 Å². The maximum Gasteiger partial charge on any atom is 0.339 e. The molecule has 2 N–H and O–H groups in total. The fourth-order valence-electron chi connectivity index (χ4n) is 2.99. The zero-order chi connectivity index (χ0) is 17.6. The summed E-state index contributed by atoms with van der Waals surface area (Å²) in [5.41, 5.74) is 1.90. The number of methoxy groups -OCH3 is 1. The van der Waals surface area contributed by atoms with Crippen molar-refractivity contribution in [1.82, 2.24) is 4.98 Å². The molecule has 1 heterocycles. The van der Waals surface area contributed by atoms with Crippen molar-refractivity contribution in [2.24, 2.45) is 0 Å². The largest absolute Gasteiger partial charge is 0.465 e. The van der Waals surface area contributed by atoms with Crippen LogP contribution in [0.1, 0.15) is 46.5 Å². The van der Waals surface area contributed by atoms with Gasteiger partial charge in [0.1, 0.15) is 5.69 Å². The summed E-state index contributed by atoms with van der Waals surface area (Å²) in [7, 11) is 1.30. The molecule has 1 saturated carbocycles. The zero-order valence-corrected chi connectivity index (χ0v) is 14.1. The molecule has 0 bridgehead atoms. The van der Waals surface area contributed by atoms with Gasteiger partial charge in [0, 0.05) is 6.04 Å². The predicted molar refractivity (Wildman–Crippen MR) is 95.9 cm³/mol. The molecule has 0 unspecified atom stereocenters. The first-order valence-corrected chi connectivity index (χ1v) is 8.38. The van der Waals surface area contributed by atoms with Crippen molar-refractivity contribution >= 4 is 23.3 Å². The number of carbonyl (C=O) groups is 2. The summed E-state index contributed by atoms with van der Waals surface area (Å²) in [6.45, 7) is 0. The Morgan fingerprint density at radius 2 is 1.88 bits per heavy atom. The molecule has 0 radical (unpaired) electrons. The van der Waals surface area contributed by atoms with Gasteiger partial charge in [-0.3, -0.25) is 4.79 Å². The summed E-state index contributed by atoms with van der Waals surface area (Å²) in [6, 6.07) is 10.7. The van der Waals surface area contributed by atoms with Crippen molar-refractivity contribution < 1.29 is 14.3 Å². The first kappa shape index (κ1) is 17.0. The SMILES string of the molecule is COC(=O)c1ccccc1NC(=O)c1ccc(NC2CCCC2)cn1. The Hall–Kier alpha value is -2.89. The average molecular weight is 339 g/mol. The second kappa shape index (κ2) is 7.79. The molecule has 1 amide bonds. The van der Waals surface area contributed by atoms with E-state index in [0.29, 0.717) is 17.3 Å². The molecule has 2 aromatic rings. The second-order valence-corrected chi connectivity index (χ2v) is 6.05. The number of nitrogens with zero attached hydrogens (tertiary/aromatic N) is 1. The van der Waals surface area contributed by atoms with Crippen LogP contribution in [0.25, 0.3) is 0 Å². The lowest BCUT2D eigenvalue weighted by atomic mass is 10.1. The Kier molecular flexibility index (Phi) is 5.28. The van der Waals surface area contributed by atoms with Gasteiger partial charge in [-0.15, -0.1) is 0 Å². The molecule has 1 aromatic carbocycles. The fraction of sp³-hybridized carbons (Fsp3) is 0.316. The van der Waals surface area contributed by atoms with E-state index in [4.69, 9.17) is 4.74 Å². The van der Waals surface area contributed by atoms with Crippen LogP contribution >= 0.6 is 0 Å². The minimum absolute atomic E-state index is 0.289. The summed E-state index contributed by atoms with van der Waals surface area (Å²) in [4.78, 5) is 28.4. The first-order chi connectivity index (χ1) is 12.2. The minimum atomic E-state index is -0.500. The minimum Gasteiger partial charge on any atom is -0.465 e. The maximum atomic E-state index is 12.4. The average Bonchev–Trinajstić information content (AvgIpc) is 3.15. The number of ether oxygens (including phenoxy) is 1. The highest BCUT2D eigenvalue weighted by Gasteiger charge is 2.16. The molecule has 0 aliphatic heterocycles. The third-order valence-corrected chi connectivity index (χ3v) is 4.30. The van der Waals surface area contributed by atoms with Gasteiger partial charge >= 0.3 is 5.97 Å². The molecular weight excluding hydrogens is 318 g/mol. The van der Waals surface area contributed by atoms with Crippen LogP contribution < -0.4 is 10.6 Å². The lowest BCUT2D eigenvalue weighted by molar-refractivity contribution is 0.0602. The van der Waals surface area contributed by atoms with E-state index in [1.807, 2.05) is 6.07 Å². The Labute approximate surface area is 146 Å². The van der Waals surface area contributed by atoms with E-state index in [1.165, 1.54) is 32.8 Å². The summed E-state index contributed by atoms with van der Waals surface area (Å²) >= 11 is 0. The van der Waals surface area contributed by atoms with Gasteiger partial charge in [0.15, 0.2) is 0 Å². The number of hydrogen-bond acceptors (Lipinski definition) is 5. The van der Waals surface area contributed by atoms with Crippen molar-refractivity contribution in [3.05, 3.63) is 53.9 Å². The molecule has 130 valence electrons. The molecule has 3 rings (SSSR count). The monoisotopic (exact) mass is 339 g/mol. The van der Waals surface area contributed by atoms with Crippen molar-refractivity contribution in [3.8, 4) is 0 Å². The molecule has 0 saturated heterocycles. The lowest BCUT2D eigenvalue weighted by Crippen LogP contribution is -2.17. The van der Waals surface area contributed by atoms with E-state index in [1.54, 1.807) is 36.5 Å². The number of amides is 1. The van der Waals surface area contributed by atoms with Crippen LogP contribution in [0.5, 0.6) is 0 Å². The summed E-state index contributed by atoms with van der Waals surface area (Å²) < 4.78 is 4.73. The number of nitrogens with one attached hydrogen (secondary N) is 2. The molecule has 0 spiro atoms. The number of hydrogen-bond donors (Lipinski definition) is 2. The number of carbonyl (C=O) groups excluding carboxylic acids is 2. The van der Waals surface area contributed by atoms with Gasteiger partial charge in [0.2, 0.25) is 0 Å². The Morgan fingerprint density at radius 3 is 2.56 bits per heavy atom. The van der Waals surface area contributed by atoms with E-state index in [-0.39, 0.29) is 11.6 Å². The van der Waals surface area contributed by atoms with E-state index >= 15 is 0 Å². The number of pyridine rings is 1. The van der Waals surface area contributed by atoms with E-state index in [0.717, 1.165) is 5.69 Å². The quantitative estimate of drug-likeness (QED) is 0.815. The molecule has 1 aliphatic rings. The van der Waals surface area contributed by atoms with Crippen molar-refractivity contribution in [1.29, 1.82) is 0 Å². The lowest BCUT2D eigenvalue weighted by Gasteiger charge is -2.13. The van der Waals surface area contributed by atoms with E-state index < -0.39 is 5.97 Å². The Morgan fingerprint density at radius 1 is 1.12 bits per heavy atom. The van der Waals surface area contributed by atoms with Crippen molar-refractivity contribution in [2.75, 3.05) is 17.7 Å². The highest BCUT2D eigenvalue weighted by molar-refractivity contribution is 6.07. The van der Waals surface area contributed by atoms with Crippen LogP contribution in [0.4, 0.5) is 11.4 Å². The van der Waals surface area contributed by atoms with Crippen LogP contribution in [-0.4, -0.2) is 30.0 Å². The van der Waals surface area contributed by atoms with Gasteiger partial charge < -0.3 is 15.4 Å². The van der Waals surface area contributed by atoms with Crippen LogP contribution in [-0.2, 0) is 4.74 Å². The van der Waals surface area contributed by atoms with Gasteiger partial charge in [-0.05, 0) is 37.1 Å². The molecule has 25 heavy (non-hydrogen) atoms. The van der Waals surface area contributed by atoms with Gasteiger partial charge in [-0.2, -0.15) is 0 Å². The molecule has 0 atom stereocenters. The third kappa shape index (κ3) is 4.15. The predicted octanol–water partition coefficient (Wildman–Crippen LogP) is 3.48. The third-order valence-electron chi connectivity index (χ3n) is 4.30. The zero-order valence-electron chi connectivity index (χ0n) is 14.1. The first-order valence-electron chi connectivity index (χ1n) is 8.38. The Balaban J connectivity index is 1.68. The summed E-state index contributed by atoms with van der Waals surface area (Å²) in [6.07, 6.45) is 6.52. The second-order valence-electron chi connectivity index (χ2n) is 6.05. The molecule has 1 fully saturated rings. The molecule has 1 aliphatic carbocycles. The molecule has 1 aromatic heterocycles. The molecular formula is C19H21N3O3. The van der Waals surface area contributed by atoms with Gasteiger partial charge in [-0.25, -0.2) is 9.78 Å². The Bertz CT molecular complexity index is 753. The van der Waals surface area contributed by atoms with Crippen molar-refractivity contribution in [3.63, 3.8) is 0 Å². The number of benzene rings is 1. The number of rotatable bonds is 5. The van der Waals surface area contributed by atoms with Crippen LogP contribution in [0.2, 0.25) is 0 Å². The van der Waals surface area contributed by atoms with E-state index in [9.17, 15) is 9.59 Å². The summed E-state index contributed by atoms with van der Waals surface area (Å²) in [5.74, 6) is -0.872. The fourth-order valence-corrected chi connectivity index (χ4v) is 2.99. The number of para-hydroxylation sites is 1. The molecule has 6 nitrogen and oxygen atoms in total. The summed E-state index contributed by atoms with van der Waals surface area (Å²) in [5, 5.41) is 6.14. The van der Waals surface area contributed by atoms with E-state index in [2.05, 4.69) is 15.6 Å². The van der Waals surface area contributed by atoms with Gasteiger partial charge in [0.05, 0.1) is 30.2 Å². The van der Waals surface area contributed by atoms with Crippen LogP contribution in [0.15, 0.2) is 42.6 Å². The van der Waals surface area contributed by atoms with Gasteiger partial charge in [-0.1, -0.05) is 25.0 Å². The number of esters is 1. The maximum absolute atomic E-state index is 12.4. The topological polar surface area (TPSA) is 80.3 Å². The standard InChI is InChI=1S/C19H21N3O3/c1-25-19(24)15-8-4-5-9-16(15)22-18(23)17-11-10-14(12-20-17)21-13-6-2-3-7-13/h4-5,8-13,21H,2-3,6-7H2,1H3,(H,22,23). The number of aromatic nitrogens is 1. The normalized spacial score (nSPS) is 14.1.